The van der Waals surface area contributed by atoms with Crippen molar-refractivity contribution < 1.29 is 18.3 Å². The third-order valence-corrected chi connectivity index (χ3v) is 2.58. The number of nitrogens with two attached hydrogens (primary N) is 1. The summed E-state index contributed by atoms with van der Waals surface area (Å²) in [5, 5.41) is 8.43. The fourth-order valence-corrected chi connectivity index (χ4v) is 1.44. The van der Waals surface area contributed by atoms with E-state index in [4.69, 9.17) is 10.8 Å². The molecule has 3 N–H and O–H groups in total. The first kappa shape index (κ1) is 15.7. The van der Waals surface area contributed by atoms with Crippen LogP contribution < -0.4 is 5.73 Å². The van der Waals surface area contributed by atoms with Gasteiger partial charge in [-0.25, -0.2) is 13.2 Å². The van der Waals surface area contributed by atoms with Gasteiger partial charge in [-0.3, -0.25) is 0 Å². The molecule has 0 aliphatic rings. The first-order valence-electron chi connectivity index (χ1n) is 4.07. The molecular formula is C9H10BrClF3NO. The lowest BCUT2D eigenvalue weighted by molar-refractivity contribution is -0.0712. The molecule has 0 spiro atoms. The molecule has 1 rings (SSSR count). The van der Waals surface area contributed by atoms with Crippen LogP contribution in [-0.2, 0) is 0 Å². The van der Waals surface area contributed by atoms with Crippen molar-refractivity contribution in [1.29, 1.82) is 0 Å². The summed E-state index contributed by atoms with van der Waals surface area (Å²) < 4.78 is 38.8. The van der Waals surface area contributed by atoms with Crippen LogP contribution in [0, 0.1) is 5.82 Å². The van der Waals surface area contributed by atoms with Crippen molar-refractivity contribution in [1.82, 2.24) is 0 Å². The normalized spacial score (nSPS) is 13.1. The summed E-state index contributed by atoms with van der Waals surface area (Å²) in [6.07, 6.45) is 0. The maximum absolute atomic E-state index is 13.0. The average Bonchev–Trinajstić information content (AvgIpc) is 2.21. The van der Waals surface area contributed by atoms with Gasteiger partial charge in [0.25, 0.3) is 5.92 Å². The van der Waals surface area contributed by atoms with Gasteiger partial charge in [-0.15, -0.1) is 12.4 Å². The largest absolute Gasteiger partial charge is 0.390 e. The summed E-state index contributed by atoms with van der Waals surface area (Å²) in [5.74, 6) is -3.98. The Morgan fingerprint density at radius 2 is 2.00 bits per heavy atom. The first-order valence-corrected chi connectivity index (χ1v) is 4.87. The molecule has 0 bridgehead atoms. The molecule has 0 amide bonds. The number of aliphatic hydroxyl groups excluding tert-OH is 1. The van der Waals surface area contributed by atoms with Gasteiger partial charge in [0.2, 0.25) is 0 Å². The summed E-state index contributed by atoms with van der Waals surface area (Å²) >= 11 is 2.87. The van der Waals surface area contributed by atoms with Crippen LogP contribution in [0.1, 0.15) is 11.6 Å². The molecule has 0 aliphatic carbocycles. The van der Waals surface area contributed by atoms with Gasteiger partial charge >= 0.3 is 0 Å². The summed E-state index contributed by atoms with van der Waals surface area (Å²) in [6.45, 7) is -1.34. The van der Waals surface area contributed by atoms with Crippen molar-refractivity contribution in [3.05, 3.63) is 34.1 Å². The van der Waals surface area contributed by atoms with E-state index >= 15 is 0 Å². The molecule has 0 aromatic heterocycles. The van der Waals surface area contributed by atoms with Crippen LogP contribution in [0.4, 0.5) is 13.2 Å². The van der Waals surface area contributed by atoms with Crippen LogP contribution in [0.25, 0.3) is 0 Å². The Balaban J connectivity index is 0.00000225. The molecule has 0 aliphatic heterocycles. The second kappa shape index (κ2) is 5.86. The number of hydrogen-bond donors (Lipinski definition) is 2. The third kappa shape index (κ3) is 3.35. The molecule has 0 heterocycles. The summed E-state index contributed by atoms with van der Waals surface area (Å²) in [7, 11) is 0. The molecule has 1 aromatic carbocycles. The minimum absolute atomic E-state index is 0. The van der Waals surface area contributed by atoms with Crippen LogP contribution in [0.2, 0.25) is 0 Å². The zero-order chi connectivity index (χ0) is 11.6. The van der Waals surface area contributed by atoms with Crippen LogP contribution in [0.5, 0.6) is 0 Å². The van der Waals surface area contributed by atoms with Crippen LogP contribution in [0.3, 0.4) is 0 Å². The molecule has 0 saturated heterocycles. The molecule has 1 aromatic rings. The van der Waals surface area contributed by atoms with Gasteiger partial charge in [0, 0.05) is 0 Å². The van der Waals surface area contributed by atoms with Crippen molar-refractivity contribution in [3.8, 4) is 0 Å². The van der Waals surface area contributed by atoms with Crippen molar-refractivity contribution in [2.75, 3.05) is 6.61 Å². The van der Waals surface area contributed by atoms with E-state index in [1.807, 2.05) is 0 Å². The van der Waals surface area contributed by atoms with Crippen molar-refractivity contribution >= 4 is 28.3 Å². The SMILES string of the molecule is Cl.N[C@@H](c1ccc(F)c(Br)c1)C(F)(F)CO. The Bertz CT molecular complexity index is 365. The van der Waals surface area contributed by atoms with E-state index in [0.29, 0.717) is 0 Å². The molecule has 0 radical (unpaired) electrons. The highest BCUT2D eigenvalue weighted by atomic mass is 79.9. The van der Waals surface area contributed by atoms with Gasteiger partial charge in [-0.1, -0.05) is 6.07 Å². The van der Waals surface area contributed by atoms with E-state index < -0.39 is 24.4 Å². The first-order chi connectivity index (χ1) is 6.88. The third-order valence-electron chi connectivity index (χ3n) is 1.97. The number of halogens is 5. The lowest BCUT2D eigenvalue weighted by Crippen LogP contribution is -2.36. The monoisotopic (exact) mass is 319 g/mol. The quantitative estimate of drug-likeness (QED) is 0.899. The smallest absolute Gasteiger partial charge is 0.289 e. The van der Waals surface area contributed by atoms with Gasteiger partial charge in [-0.2, -0.15) is 0 Å². The lowest BCUT2D eigenvalue weighted by atomic mass is 10.0. The minimum atomic E-state index is -3.42. The van der Waals surface area contributed by atoms with Crippen molar-refractivity contribution in [2.24, 2.45) is 5.73 Å². The van der Waals surface area contributed by atoms with Gasteiger partial charge in [0.05, 0.1) is 10.5 Å². The number of benzene rings is 1. The van der Waals surface area contributed by atoms with Gasteiger partial charge in [-0.05, 0) is 33.6 Å². The Hall–Kier alpha value is -0.300. The van der Waals surface area contributed by atoms with E-state index in [2.05, 4.69) is 15.9 Å². The Morgan fingerprint density at radius 1 is 1.44 bits per heavy atom. The Labute approximate surface area is 105 Å². The predicted molar refractivity (Wildman–Crippen MR) is 60.3 cm³/mol. The zero-order valence-corrected chi connectivity index (χ0v) is 10.4. The van der Waals surface area contributed by atoms with Gasteiger partial charge in [0.1, 0.15) is 12.4 Å². The van der Waals surface area contributed by atoms with Crippen molar-refractivity contribution in [2.45, 2.75) is 12.0 Å². The highest BCUT2D eigenvalue weighted by Gasteiger charge is 2.37. The Kier molecular flexibility index (Phi) is 5.75. The standard InChI is InChI=1S/C9H9BrF3NO.ClH/c10-6-3-5(1-2-7(6)11)8(14)9(12,13)4-15;/h1-3,8,15H,4,14H2;1H/t8-;/m0./s1. The topological polar surface area (TPSA) is 46.2 Å². The van der Waals surface area contributed by atoms with E-state index in [0.717, 1.165) is 12.1 Å². The minimum Gasteiger partial charge on any atom is -0.390 e. The number of aliphatic hydroxyl groups is 1. The van der Waals surface area contributed by atoms with Crippen LogP contribution >= 0.6 is 28.3 Å². The molecule has 0 fully saturated rings. The number of alkyl halides is 2. The van der Waals surface area contributed by atoms with E-state index in [-0.39, 0.29) is 22.4 Å². The fraction of sp³-hybridized carbons (Fsp3) is 0.333. The Morgan fingerprint density at radius 3 is 2.44 bits per heavy atom. The fourth-order valence-electron chi connectivity index (χ4n) is 1.05. The predicted octanol–water partition coefficient (Wildman–Crippen LogP) is 2.64. The average molecular weight is 321 g/mol. The highest BCUT2D eigenvalue weighted by molar-refractivity contribution is 9.10. The lowest BCUT2D eigenvalue weighted by Gasteiger charge is -2.21. The molecule has 1 atom stereocenters. The van der Waals surface area contributed by atoms with E-state index in [9.17, 15) is 13.2 Å². The van der Waals surface area contributed by atoms with E-state index in [1.165, 1.54) is 6.07 Å². The molecule has 0 unspecified atom stereocenters. The van der Waals surface area contributed by atoms with Crippen molar-refractivity contribution in [3.63, 3.8) is 0 Å². The van der Waals surface area contributed by atoms with Gasteiger partial charge < -0.3 is 10.8 Å². The van der Waals surface area contributed by atoms with Gasteiger partial charge in [0.15, 0.2) is 0 Å². The molecule has 7 heteroatoms. The molecule has 0 saturated carbocycles. The van der Waals surface area contributed by atoms with Crippen LogP contribution in [-0.4, -0.2) is 17.6 Å². The number of hydrogen-bond acceptors (Lipinski definition) is 2. The van der Waals surface area contributed by atoms with E-state index in [1.54, 1.807) is 0 Å². The molecule has 16 heavy (non-hydrogen) atoms. The van der Waals surface area contributed by atoms with Crippen LogP contribution in [0.15, 0.2) is 22.7 Å². The molecular weight excluding hydrogens is 310 g/mol. The highest BCUT2D eigenvalue weighted by Crippen LogP contribution is 2.30. The maximum atomic E-state index is 13.0. The molecule has 92 valence electrons. The maximum Gasteiger partial charge on any atom is 0.289 e. The second-order valence-corrected chi connectivity index (χ2v) is 3.92. The summed E-state index contributed by atoms with van der Waals surface area (Å²) in [5.41, 5.74) is 5.31. The summed E-state index contributed by atoms with van der Waals surface area (Å²) in [6, 6.07) is 1.71. The zero-order valence-electron chi connectivity index (χ0n) is 7.96. The number of rotatable bonds is 3. The second-order valence-electron chi connectivity index (χ2n) is 3.07. The molecule has 2 nitrogen and oxygen atoms in total. The summed E-state index contributed by atoms with van der Waals surface area (Å²) in [4.78, 5) is 0.